The van der Waals surface area contributed by atoms with Crippen LogP contribution in [0.15, 0.2) is 41.4 Å². The number of ether oxygens (including phenoxy) is 2. The number of para-hydroxylation sites is 1. The Labute approximate surface area is 174 Å². The molecular weight excluding hydrogens is 384 g/mol. The molecule has 3 aromatic rings. The average Bonchev–Trinajstić information content (AvgIpc) is 3.18. The summed E-state index contributed by atoms with van der Waals surface area (Å²) >= 11 is 1.47. The maximum absolute atomic E-state index is 12.6. The zero-order valence-corrected chi connectivity index (χ0v) is 17.7. The summed E-state index contributed by atoms with van der Waals surface area (Å²) in [6, 6.07) is 12.1. The van der Waals surface area contributed by atoms with Gasteiger partial charge in [-0.05, 0) is 48.6 Å². The van der Waals surface area contributed by atoms with Crippen molar-refractivity contribution in [2.75, 3.05) is 17.9 Å². The maximum atomic E-state index is 12.6. The third kappa shape index (κ3) is 4.03. The number of aryl methyl sites for hydroxylation is 3. The van der Waals surface area contributed by atoms with Crippen molar-refractivity contribution in [3.63, 3.8) is 0 Å². The van der Waals surface area contributed by atoms with Crippen molar-refractivity contribution in [1.82, 2.24) is 4.98 Å². The van der Waals surface area contributed by atoms with E-state index >= 15 is 0 Å². The molecule has 5 nitrogen and oxygen atoms in total. The number of hydrogen-bond acceptors (Lipinski definition) is 5. The number of nitrogens with one attached hydrogen (secondary N) is 1. The van der Waals surface area contributed by atoms with Crippen LogP contribution in [0.25, 0.3) is 10.9 Å². The monoisotopic (exact) mass is 408 g/mol. The van der Waals surface area contributed by atoms with E-state index in [0.717, 1.165) is 62.6 Å². The van der Waals surface area contributed by atoms with E-state index in [4.69, 9.17) is 14.5 Å². The van der Waals surface area contributed by atoms with Gasteiger partial charge in [-0.3, -0.25) is 4.79 Å². The Balaban J connectivity index is 1.53. The lowest BCUT2D eigenvalue weighted by atomic mass is 10.1. The number of hydrogen-bond donors (Lipinski definition) is 1. The van der Waals surface area contributed by atoms with E-state index in [1.54, 1.807) is 0 Å². The normalized spacial score (nSPS) is 12.4. The molecule has 0 aliphatic carbocycles. The molecule has 29 heavy (non-hydrogen) atoms. The quantitative estimate of drug-likeness (QED) is 0.573. The van der Waals surface area contributed by atoms with Crippen molar-refractivity contribution in [2.45, 2.75) is 38.6 Å². The zero-order valence-electron chi connectivity index (χ0n) is 16.9. The van der Waals surface area contributed by atoms with Crippen molar-refractivity contribution in [2.24, 2.45) is 0 Å². The van der Waals surface area contributed by atoms with E-state index in [1.807, 2.05) is 31.2 Å². The number of anilines is 1. The van der Waals surface area contributed by atoms with E-state index in [-0.39, 0.29) is 12.7 Å². The first-order valence-corrected chi connectivity index (χ1v) is 10.8. The van der Waals surface area contributed by atoms with Crippen LogP contribution in [-0.2, 0) is 17.6 Å². The van der Waals surface area contributed by atoms with E-state index in [9.17, 15) is 4.79 Å². The highest BCUT2D eigenvalue weighted by Gasteiger charge is 2.17. The highest BCUT2D eigenvalue weighted by molar-refractivity contribution is 8.00. The molecule has 0 atom stereocenters. The minimum atomic E-state index is -0.0198. The van der Waals surface area contributed by atoms with Gasteiger partial charge >= 0.3 is 0 Å². The molecule has 1 N–H and O–H groups in total. The molecule has 1 amide bonds. The molecule has 0 bridgehead atoms. The van der Waals surface area contributed by atoms with Gasteiger partial charge in [0.1, 0.15) is 5.03 Å². The summed E-state index contributed by atoms with van der Waals surface area (Å²) in [7, 11) is 0. The van der Waals surface area contributed by atoms with Crippen LogP contribution in [0, 0.1) is 6.92 Å². The molecule has 0 unspecified atom stereocenters. The third-order valence-corrected chi connectivity index (χ3v) is 6.11. The van der Waals surface area contributed by atoms with E-state index in [1.165, 1.54) is 11.8 Å². The van der Waals surface area contributed by atoms with Crippen LogP contribution < -0.4 is 14.8 Å². The van der Waals surface area contributed by atoms with Crippen LogP contribution in [0.5, 0.6) is 11.5 Å². The van der Waals surface area contributed by atoms with Crippen LogP contribution in [-0.4, -0.2) is 23.4 Å². The summed E-state index contributed by atoms with van der Waals surface area (Å²) in [5.41, 5.74) is 5.13. The molecule has 0 saturated carbocycles. The molecule has 0 saturated heterocycles. The maximum Gasteiger partial charge on any atom is 0.234 e. The van der Waals surface area contributed by atoms with Gasteiger partial charge in [0.05, 0.1) is 11.3 Å². The van der Waals surface area contributed by atoms with E-state index in [2.05, 4.69) is 31.3 Å². The molecular formula is C23H24N2O3S. The molecule has 0 radical (unpaired) electrons. The summed E-state index contributed by atoms with van der Waals surface area (Å²) in [5, 5.41) is 4.99. The zero-order chi connectivity index (χ0) is 20.4. The van der Waals surface area contributed by atoms with Gasteiger partial charge in [0.15, 0.2) is 11.5 Å². The van der Waals surface area contributed by atoms with Gasteiger partial charge in [-0.15, -0.1) is 0 Å². The Morgan fingerprint density at radius 3 is 2.62 bits per heavy atom. The van der Waals surface area contributed by atoms with Gasteiger partial charge in [-0.25, -0.2) is 4.98 Å². The molecule has 1 aromatic heterocycles. The van der Waals surface area contributed by atoms with Crippen LogP contribution in [0.1, 0.15) is 30.5 Å². The number of carbonyl (C=O) groups excluding carboxylic acids is 1. The lowest BCUT2D eigenvalue weighted by molar-refractivity contribution is -0.113. The van der Waals surface area contributed by atoms with Gasteiger partial charge in [-0.1, -0.05) is 43.8 Å². The van der Waals surface area contributed by atoms with Crippen LogP contribution in [0.4, 0.5) is 5.69 Å². The molecule has 0 spiro atoms. The standard InChI is InChI=1S/C23H24N2O3S/c1-4-15-8-6-7-14(3)22(15)25-21(26)12-29-23-16(5-2)9-17-10-19-20(28-13-27-19)11-18(17)24-23/h6-11H,4-5,12-13H2,1-3H3,(H,25,26). The van der Waals surface area contributed by atoms with Gasteiger partial charge < -0.3 is 14.8 Å². The van der Waals surface area contributed by atoms with Gasteiger partial charge in [-0.2, -0.15) is 0 Å². The second kappa shape index (κ2) is 8.33. The fourth-order valence-corrected chi connectivity index (χ4v) is 4.37. The van der Waals surface area contributed by atoms with Crippen molar-refractivity contribution >= 4 is 34.3 Å². The van der Waals surface area contributed by atoms with Crippen LogP contribution in [0.3, 0.4) is 0 Å². The smallest absolute Gasteiger partial charge is 0.234 e. The first-order valence-electron chi connectivity index (χ1n) is 9.83. The number of thioether (sulfide) groups is 1. The number of amides is 1. The van der Waals surface area contributed by atoms with Crippen molar-refractivity contribution in [3.8, 4) is 11.5 Å². The Morgan fingerprint density at radius 1 is 1.10 bits per heavy atom. The predicted molar refractivity (Wildman–Crippen MR) is 117 cm³/mol. The summed E-state index contributed by atoms with van der Waals surface area (Å²) < 4.78 is 10.9. The molecule has 4 rings (SSSR count). The summed E-state index contributed by atoms with van der Waals surface area (Å²) in [6.07, 6.45) is 1.73. The Bertz CT molecular complexity index is 1080. The number of fused-ring (bicyclic) bond motifs is 2. The van der Waals surface area contributed by atoms with Gasteiger partial charge in [0.2, 0.25) is 12.7 Å². The van der Waals surface area contributed by atoms with Crippen LogP contribution >= 0.6 is 11.8 Å². The number of aromatic nitrogens is 1. The molecule has 6 heteroatoms. The van der Waals surface area contributed by atoms with Crippen molar-refractivity contribution in [1.29, 1.82) is 0 Å². The molecule has 1 aliphatic rings. The predicted octanol–water partition coefficient (Wildman–Crippen LogP) is 5.13. The highest BCUT2D eigenvalue weighted by atomic mass is 32.2. The molecule has 2 aromatic carbocycles. The number of rotatable bonds is 6. The van der Waals surface area contributed by atoms with Gasteiger partial charge in [0, 0.05) is 17.1 Å². The average molecular weight is 409 g/mol. The largest absolute Gasteiger partial charge is 0.454 e. The summed E-state index contributed by atoms with van der Waals surface area (Å²) in [4.78, 5) is 17.4. The molecule has 150 valence electrons. The minimum absolute atomic E-state index is 0.0198. The van der Waals surface area contributed by atoms with Gasteiger partial charge in [0.25, 0.3) is 0 Å². The summed E-state index contributed by atoms with van der Waals surface area (Å²) in [6.45, 7) is 6.46. The lowest BCUT2D eigenvalue weighted by Gasteiger charge is -2.13. The fraction of sp³-hybridized carbons (Fsp3) is 0.304. The number of carbonyl (C=O) groups is 1. The SMILES string of the molecule is CCc1cc2cc3c(cc2nc1SCC(=O)Nc1c(C)cccc1CC)OCO3. The second-order valence-electron chi connectivity index (χ2n) is 7.00. The topological polar surface area (TPSA) is 60.5 Å². The summed E-state index contributed by atoms with van der Waals surface area (Å²) in [5.74, 6) is 1.77. The lowest BCUT2D eigenvalue weighted by Crippen LogP contribution is -2.16. The molecule has 2 heterocycles. The van der Waals surface area contributed by atoms with Crippen LogP contribution in [0.2, 0.25) is 0 Å². The second-order valence-corrected chi connectivity index (χ2v) is 7.97. The van der Waals surface area contributed by atoms with E-state index in [0.29, 0.717) is 5.75 Å². The first-order chi connectivity index (χ1) is 14.1. The molecule has 0 fully saturated rings. The number of benzene rings is 2. The van der Waals surface area contributed by atoms with E-state index < -0.39 is 0 Å². The third-order valence-electron chi connectivity index (χ3n) is 5.07. The highest BCUT2D eigenvalue weighted by Crippen LogP contribution is 2.37. The Hall–Kier alpha value is -2.73. The minimum Gasteiger partial charge on any atom is -0.454 e. The molecule has 1 aliphatic heterocycles. The first kappa shape index (κ1) is 19.6. The van der Waals surface area contributed by atoms with Crippen molar-refractivity contribution in [3.05, 3.63) is 53.1 Å². The fourth-order valence-electron chi connectivity index (χ4n) is 3.48. The number of pyridine rings is 1. The Kier molecular flexibility index (Phi) is 5.62. The van der Waals surface area contributed by atoms with Crippen molar-refractivity contribution < 1.29 is 14.3 Å². The number of nitrogens with zero attached hydrogens (tertiary/aromatic N) is 1. The Morgan fingerprint density at radius 2 is 1.86 bits per heavy atom.